The van der Waals surface area contributed by atoms with Crippen molar-refractivity contribution in [1.29, 1.82) is 0 Å². The highest BCUT2D eigenvalue weighted by atomic mass is 35.5. The van der Waals surface area contributed by atoms with Crippen LogP contribution in [0.2, 0.25) is 5.02 Å². The van der Waals surface area contributed by atoms with Crippen molar-refractivity contribution < 1.29 is 17.9 Å². The van der Waals surface area contributed by atoms with Crippen LogP contribution in [-0.2, 0) is 21.0 Å². The summed E-state index contributed by atoms with van der Waals surface area (Å²) in [6, 6.07) is 11.3. The molecule has 0 bridgehead atoms. The van der Waals surface area contributed by atoms with E-state index in [1.807, 2.05) is 19.1 Å². The van der Waals surface area contributed by atoms with E-state index < -0.39 is 15.8 Å². The zero-order valence-electron chi connectivity index (χ0n) is 14.4. The molecule has 1 heterocycles. The molecule has 0 amide bonds. The summed E-state index contributed by atoms with van der Waals surface area (Å²) in [6.45, 7) is 1.92. The first-order valence-corrected chi connectivity index (χ1v) is 10.0. The summed E-state index contributed by atoms with van der Waals surface area (Å²) in [4.78, 5) is 14.9. The van der Waals surface area contributed by atoms with E-state index in [2.05, 4.69) is 9.72 Å². The molecule has 0 spiro atoms. The van der Waals surface area contributed by atoms with Crippen molar-refractivity contribution in [2.24, 2.45) is 0 Å². The SMILES string of the molecule is COC(=O)c1ccc(S(=O)(=O)CCc2c(C)[nH]c3cc(Cl)ccc23)cc1. The zero-order chi connectivity index (χ0) is 18.9. The van der Waals surface area contributed by atoms with Crippen molar-refractivity contribution in [3.05, 3.63) is 64.3 Å². The van der Waals surface area contributed by atoms with Gasteiger partial charge in [0.1, 0.15) is 0 Å². The standard InChI is InChI=1S/C19H18ClNO4S/c1-12-16(17-8-5-14(20)11-18(17)21-12)9-10-26(23,24)15-6-3-13(4-7-15)19(22)25-2/h3-8,11,21H,9-10H2,1-2H3. The fourth-order valence-corrected chi connectivity index (χ4v) is 4.39. The van der Waals surface area contributed by atoms with Crippen molar-refractivity contribution in [3.63, 3.8) is 0 Å². The van der Waals surface area contributed by atoms with Crippen LogP contribution >= 0.6 is 11.6 Å². The molecule has 0 saturated heterocycles. The molecule has 0 aliphatic carbocycles. The molecule has 1 N–H and O–H groups in total. The Morgan fingerprint density at radius 2 is 1.85 bits per heavy atom. The molecule has 7 heteroatoms. The van der Waals surface area contributed by atoms with Crippen LogP contribution in [0.5, 0.6) is 0 Å². The maximum atomic E-state index is 12.6. The summed E-state index contributed by atoms with van der Waals surface area (Å²) in [5, 5.41) is 1.60. The van der Waals surface area contributed by atoms with Crippen LogP contribution in [0.3, 0.4) is 0 Å². The van der Waals surface area contributed by atoms with Crippen LogP contribution in [0.15, 0.2) is 47.4 Å². The number of rotatable bonds is 5. The van der Waals surface area contributed by atoms with Gasteiger partial charge in [0.15, 0.2) is 9.84 Å². The molecule has 3 rings (SSSR count). The van der Waals surface area contributed by atoms with Crippen LogP contribution in [0.25, 0.3) is 10.9 Å². The molecule has 0 aliphatic heterocycles. The van der Waals surface area contributed by atoms with Gasteiger partial charge in [-0.2, -0.15) is 0 Å². The van der Waals surface area contributed by atoms with Gasteiger partial charge in [-0.3, -0.25) is 0 Å². The van der Waals surface area contributed by atoms with Gasteiger partial charge in [-0.05, 0) is 55.3 Å². The molecule has 26 heavy (non-hydrogen) atoms. The summed E-state index contributed by atoms with van der Waals surface area (Å²) in [5.41, 5.74) is 3.10. The number of nitrogens with one attached hydrogen (secondary N) is 1. The molecule has 0 unspecified atom stereocenters. The van der Waals surface area contributed by atoms with E-state index >= 15 is 0 Å². The molecule has 0 fully saturated rings. The largest absolute Gasteiger partial charge is 0.465 e. The topological polar surface area (TPSA) is 76.2 Å². The van der Waals surface area contributed by atoms with Crippen molar-refractivity contribution in [2.75, 3.05) is 12.9 Å². The van der Waals surface area contributed by atoms with Crippen molar-refractivity contribution in [1.82, 2.24) is 4.98 Å². The van der Waals surface area contributed by atoms with Crippen LogP contribution < -0.4 is 0 Å². The Morgan fingerprint density at radius 1 is 1.15 bits per heavy atom. The minimum atomic E-state index is -3.47. The van der Waals surface area contributed by atoms with Gasteiger partial charge >= 0.3 is 5.97 Å². The van der Waals surface area contributed by atoms with Gasteiger partial charge in [-0.25, -0.2) is 13.2 Å². The van der Waals surface area contributed by atoms with Gasteiger partial charge in [-0.1, -0.05) is 17.7 Å². The molecule has 136 valence electrons. The Kier molecular flexibility index (Phi) is 5.07. The van der Waals surface area contributed by atoms with Crippen LogP contribution in [-0.4, -0.2) is 32.2 Å². The van der Waals surface area contributed by atoms with Gasteiger partial charge in [0.25, 0.3) is 0 Å². The van der Waals surface area contributed by atoms with Gasteiger partial charge in [-0.15, -0.1) is 0 Å². The van der Waals surface area contributed by atoms with Crippen LogP contribution in [0, 0.1) is 6.92 Å². The maximum Gasteiger partial charge on any atom is 0.337 e. The lowest BCUT2D eigenvalue weighted by Gasteiger charge is -2.06. The summed E-state index contributed by atoms with van der Waals surface area (Å²) < 4.78 is 29.9. The second-order valence-electron chi connectivity index (χ2n) is 6.00. The predicted molar refractivity (Wildman–Crippen MR) is 102 cm³/mol. The number of benzene rings is 2. The monoisotopic (exact) mass is 391 g/mol. The van der Waals surface area contributed by atoms with E-state index in [4.69, 9.17) is 11.6 Å². The highest BCUT2D eigenvalue weighted by Crippen LogP contribution is 2.26. The molecular formula is C19H18ClNO4S. The average Bonchev–Trinajstić information content (AvgIpc) is 2.93. The lowest BCUT2D eigenvalue weighted by molar-refractivity contribution is 0.0600. The Bertz CT molecular complexity index is 1070. The second kappa shape index (κ2) is 7.13. The number of sulfone groups is 1. The Balaban J connectivity index is 1.83. The third-order valence-electron chi connectivity index (χ3n) is 4.34. The second-order valence-corrected chi connectivity index (χ2v) is 8.55. The fourth-order valence-electron chi connectivity index (χ4n) is 2.96. The van der Waals surface area contributed by atoms with E-state index in [0.717, 1.165) is 22.2 Å². The number of aromatic nitrogens is 1. The number of carbonyl (C=O) groups is 1. The van der Waals surface area contributed by atoms with E-state index in [-0.39, 0.29) is 10.6 Å². The van der Waals surface area contributed by atoms with E-state index in [0.29, 0.717) is 17.0 Å². The molecule has 2 aromatic carbocycles. The molecule has 0 aliphatic rings. The molecule has 1 aromatic heterocycles. The molecule has 3 aromatic rings. The lowest BCUT2D eigenvalue weighted by atomic mass is 10.1. The Labute approximate surface area is 156 Å². The maximum absolute atomic E-state index is 12.6. The summed E-state index contributed by atoms with van der Waals surface area (Å²) in [5.74, 6) is -0.525. The minimum absolute atomic E-state index is 0.0268. The van der Waals surface area contributed by atoms with Crippen LogP contribution in [0.4, 0.5) is 0 Å². The first kappa shape index (κ1) is 18.5. The quantitative estimate of drug-likeness (QED) is 0.668. The van der Waals surface area contributed by atoms with Gasteiger partial charge in [0.05, 0.1) is 23.3 Å². The van der Waals surface area contributed by atoms with E-state index in [1.165, 1.54) is 31.4 Å². The predicted octanol–water partition coefficient (Wildman–Crippen LogP) is 3.93. The average molecular weight is 392 g/mol. The molecular weight excluding hydrogens is 374 g/mol. The van der Waals surface area contributed by atoms with Crippen molar-refractivity contribution in [2.45, 2.75) is 18.2 Å². The number of aromatic amines is 1. The first-order valence-electron chi connectivity index (χ1n) is 7.99. The Hall–Kier alpha value is -2.31. The molecule has 0 radical (unpaired) electrons. The fraction of sp³-hybridized carbons (Fsp3) is 0.211. The number of hydrogen-bond donors (Lipinski definition) is 1. The highest BCUT2D eigenvalue weighted by molar-refractivity contribution is 7.91. The van der Waals surface area contributed by atoms with Gasteiger partial charge in [0.2, 0.25) is 0 Å². The third-order valence-corrected chi connectivity index (χ3v) is 6.30. The minimum Gasteiger partial charge on any atom is -0.465 e. The number of fused-ring (bicyclic) bond motifs is 1. The number of H-pyrrole nitrogens is 1. The number of methoxy groups -OCH3 is 1. The summed E-state index contributed by atoms with van der Waals surface area (Å²) in [7, 11) is -2.19. The summed E-state index contributed by atoms with van der Waals surface area (Å²) in [6.07, 6.45) is 0.383. The highest BCUT2D eigenvalue weighted by Gasteiger charge is 2.18. The molecule has 5 nitrogen and oxygen atoms in total. The summed E-state index contributed by atoms with van der Waals surface area (Å²) >= 11 is 6.01. The van der Waals surface area contributed by atoms with Gasteiger partial charge in [0, 0.05) is 21.6 Å². The smallest absolute Gasteiger partial charge is 0.337 e. The first-order chi connectivity index (χ1) is 12.3. The van der Waals surface area contributed by atoms with Crippen LogP contribution in [0.1, 0.15) is 21.6 Å². The number of esters is 1. The third kappa shape index (κ3) is 3.61. The number of carbonyl (C=O) groups excluding carboxylic acids is 1. The lowest BCUT2D eigenvalue weighted by Crippen LogP contribution is -2.10. The number of ether oxygens (including phenoxy) is 1. The molecule has 0 saturated carbocycles. The van der Waals surface area contributed by atoms with Gasteiger partial charge < -0.3 is 9.72 Å². The molecule has 0 atom stereocenters. The van der Waals surface area contributed by atoms with Crippen molar-refractivity contribution >= 4 is 38.3 Å². The normalized spacial score (nSPS) is 11.7. The van der Waals surface area contributed by atoms with E-state index in [9.17, 15) is 13.2 Å². The number of aryl methyl sites for hydroxylation is 2. The van der Waals surface area contributed by atoms with E-state index in [1.54, 1.807) is 6.07 Å². The Morgan fingerprint density at radius 3 is 2.50 bits per heavy atom. The number of halogens is 1. The zero-order valence-corrected chi connectivity index (χ0v) is 15.9. The van der Waals surface area contributed by atoms with Crippen molar-refractivity contribution in [3.8, 4) is 0 Å². The number of hydrogen-bond acceptors (Lipinski definition) is 4.